The van der Waals surface area contributed by atoms with E-state index >= 15 is 0 Å². The molecule has 0 unspecified atom stereocenters. The van der Waals surface area contributed by atoms with Gasteiger partial charge in [-0.2, -0.15) is 13.2 Å². The van der Waals surface area contributed by atoms with Gasteiger partial charge in [0, 0.05) is 0 Å². The molecule has 3 aromatic rings. The van der Waals surface area contributed by atoms with Gasteiger partial charge in [0.1, 0.15) is 17.2 Å². The zero-order chi connectivity index (χ0) is 20.3. The van der Waals surface area contributed by atoms with Crippen LogP contribution in [0.1, 0.15) is 11.3 Å². The lowest BCUT2D eigenvalue weighted by Crippen LogP contribution is -2.16. The Morgan fingerprint density at radius 3 is 2.68 bits per heavy atom. The number of halogens is 4. The summed E-state index contributed by atoms with van der Waals surface area (Å²) in [7, 11) is 0. The molecule has 5 nitrogen and oxygen atoms in total. The minimum atomic E-state index is -4.69. The Bertz CT molecular complexity index is 991. The molecule has 2 heterocycles. The molecular weight excluding hydrogens is 398 g/mol. The van der Waals surface area contributed by atoms with Gasteiger partial charge in [0.2, 0.25) is 5.91 Å². The maximum absolute atomic E-state index is 13.7. The molecule has 146 valence electrons. The van der Waals surface area contributed by atoms with Gasteiger partial charge in [-0.15, -0.1) is 0 Å². The van der Waals surface area contributed by atoms with Gasteiger partial charge >= 0.3 is 6.18 Å². The molecular formula is C18H13F4N3O2S. The second-order valence-corrected chi connectivity index (χ2v) is 6.66. The Balaban J connectivity index is 1.77. The summed E-state index contributed by atoms with van der Waals surface area (Å²) in [6.07, 6.45) is -3.38. The van der Waals surface area contributed by atoms with Crippen LogP contribution in [0, 0.1) is 12.7 Å². The van der Waals surface area contributed by atoms with E-state index in [0.29, 0.717) is 11.8 Å². The third kappa shape index (κ3) is 4.89. The number of carbonyl (C=O) groups excluding carboxylic acids is 1. The molecule has 0 spiro atoms. The number of benzene rings is 1. The largest absolute Gasteiger partial charge is 0.463 e. The summed E-state index contributed by atoms with van der Waals surface area (Å²) in [6.45, 7) is 1.73. The first-order valence-electron chi connectivity index (χ1n) is 7.91. The zero-order valence-electron chi connectivity index (χ0n) is 14.4. The number of rotatable bonds is 5. The molecule has 0 aliphatic carbocycles. The number of nitrogens with one attached hydrogen (secondary N) is 1. The Morgan fingerprint density at radius 1 is 1.21 bits per heavy atom. The molecule has 0 fully saturated rings. The number of aromatic nitrogens is 2. The quantitative estimate of drug-likeness (QED) is 0.366. The second-order valence-electron chi connectivity index (χ2n) is 5.72. The van der Waals surface area contributed by atoms with Crippen LogP contribution in [0.4, 0.5) is 23.2 Å². The van der Waals surface area contributed by atoms with Crippen molar-refractivity contribution in [1.29, 1.82) is 0 Å². The van der Waals surface area contributed by atoms with E-state index in [-0.39, 0.29) is 28.1 Å². The van der Waals surface area contributed by atoms with Crippen LogP contribution in [-0.2, 0) is 11.0 Å². The lowest BCUT2D eigenvalue weighted by atomic mass is 10.2. The fourth-order valence-electron chi connectivity index (χ4n) is 2.24. The highest BCUT2D eigenvalue weighted by Crippen LogP contribution is 2.32. The third-order valence-corrected chi connectivity index (χ3v) is 4.35. The minimum Gasteiger partial charge on any atom is -0.463 e. The normalized spacial score (nSPS) is 11.5. The average molecular weight is 411 g/mol. The summed E-state index contributed by atoms with van der Waals surface area (Å²) in [5.41, 5.74) is -0.470. The SMILES string of the molecule is Cc1ccc(F)c(NC(=O)CSc2nc(-c3ccco3)cc(C(F)(F)F)n2)c1. The maximum atomic E-state index is 13.7. The standard InChI is InChI=1S/C18H13F4N3O2S/c1-10-4-5-11(19)12(7-10)23-16(26)9-28-17-24-13(14-3-2-6-27-14)8-15(25-17)18(20,21)22/h2-8H,9H2,1H3,(H,23,26). The van der Waals surface area contributed by atoms with Gasteiger partial charge in [0.15, 0.2) is 10.9 Å². The van der Waals surface area contributed by atoms with E-state index in [4.69, 9.17) is 4.42 Å². The summed E-state index contributed by atoms with van der Waals surface area (Å²) >= 11 is 0.701. The van der Waals surface area contributed by atoms with E-state index in [1.165, 1.54) is 30.5 Å². The Morgan fingerprint density at radius 2 is 2.00 bits per heavy atom. The molecule has 1 N–H and O–H groups in total. The third-order valence-electron chi connectivity index (χ3n) is 3.50. The number of nitrogens with zero attached hydrogens (tertiary/aromatic N) is 2. The van der Waals surface area contributed by atoms with Crippen molar-refractivity contribution in [3.8, 4) is 11.5 Å². The van der Waals surface area contributed by atoms with E-state index < -0.39 is 23.6 Å². The highest BCUT2D eigenvalue weighted by atomic mass is 32.2. The fraction of sp³-hybridized carbons (Fsp3) is 0.167. The fourth-order valence-corrected chi connectivity index (χ4v) is 2.89. The first kappa shape index (κ1) is 19.9. The van der Waals surface area contributed by atoms with Gasteiger partial charge in [-0.1, -0.05) is 17.8 Å². The van der Waals surface area contributed by atoms with Gasteiger partial charge in [-0.25, -0.2) is 14.4 Å². The first-order chi connectivity index (χ1) is 13.2. The van der Waals surface area contributed by atoms with Crippen molar-refractivity contribution in [3.05, 3.63) is 59.7 Å². The van der Waals surface area contributed by atoms with Gasteiger partial charge in [-0.05, 0) is 42.8 Å². The zero-order valence-corrected chi connectivity index (χ0v) is 15.2. The number of furan rings is 1. The van der Waals surface area contributed by atoms with Crippen LogP contribution in [0.15, 0.2) is 52.2 Å². The molecule has 1 amide bonds. The molecule has 0 aliphatic heterocycles. The van der Waals surface area contributed by atoms with Crippen LogP contribution in [-0.4, -0.2) is 21.6 Å². The van der Waals surface area contributed by atoms with Crippen molar-refractivity contribution in [3.63, 3.8) is 0 Å². The minimum absolute atomic E-state index is 0.00756. The van der Waals surface area contributed by atoms with Gasteiger partial charge in [-0.3, -0.25) is 4.79 Å². The molecule has 28 heavy (non-hydrogen) atoms. The summed E-state index contributed by atoms with van der Waals surface area (Å²) in [6, 6.07) is 7.96. The van der Waals surface area contributed by atoms with Gasteiger partial charge in [0.25, 0.3) is 0 Å². The van der Waals surface area contributed by atoms with Crippen molar-refractivity contribution >= 4 is 23.4 Å². The van der Waals surface area contributed by atoms with Gasteiger partial charge in [0.05, 0.1) is 17.7 Å². The van der Waals surface area contributed by atoms with Crippen molar-refractivity contribution in [2.75, 3.05) is 11.1 Å². The van der Waals surface area contributed by atoms with Crippen molar-refractivity contribution in [1.82, 2.24) is 9.97 Å². The predicted molar refractivity (Wildman–Crippen MR) is 95.2 cm³/mol. The van der Waals surface area contributed by atoms with Gasteiger partial charge < -0.3 is 9.73 Å². The topological polar surface area (TPSA) is 68.0 Å². The molecule has 1 aromatic carbocycles. The smallest absolute Gasteiger partial charge is 0.433 e. The predicted octanol–water partition coefficient (Wildman–Crippen LogP) is 4.93. The Kier molecular flexibility index (Phi) is 5.68. The molecule has 0 atom stereocenters. The van der Waals surface area contributed by atoms with Crippen LogP contribution in [0.5, 0.6) is 0 Å². The monoisotopic (exact) mass is 411 g/mol. The summed E-state index contributed by atoms with van der Waals surface area (Å²) < 4.78 is 58.1. The number of alkyl halides is 3. The number of hydrogen-bond acceptors (Lipinski definition) is 5. The second kappa shape index (κ2) is 8.01. The van der Waals surface area contributed by atoms with E-state index in [9.17, 15) is 22.4 Å². The summed E-state index contributed by atoms with van der Waals surface area (Å²) in [5, 5.41) is 2.13. The van der Waals surface area contributed by atoms with Crippen molar-refractivity contribution in [2.45, 2.75) is 18.3 Å². The van der Waals surface area contributed by atoms with E-state index in [1.54, 1.807) is 13.0 Å². The number of hydrogen-bond donors (Lipinski definition) is 1. The summed E-state index contributed by atoms with van der Waals surface area (Å²) in [5.74, 6) is -1.37. The highest BCUT2D eigenvalue weighted by Gasteiger charge is 2.34. The molecule has 0 bridgehead atoms. The molecule has 3 rings (SSSR count). The van der Waals surface area contributed by atoms with Crippen molar-refractivity contribution < 1.29 is 26.8 Å². The lowest BCUT2D eigenvalue weighted by molar-refractivity contribution is -0.141. The number of amides is 1. The van der Waals surface area contributed by atoms with Crippen LogP contribution < -0.4 is 5.32 Å². The van der Waals surface area contributed by atoms with Crippen LogP contribution in [0.25, 0.3) is 11.5 Å². The molecule has 2 aromatic heterocycles. The molecule has 0 saturated carbocycles. The number of carbonyl (C=O) groups is 1. The molecule has 10 heteroatoms. The Labute approximate surface area is 161 Å². The van der Waals surface area contributed by atoms with Crippen molar-refractivity contribution in [2.24, 2.45) is 0 Å². The average Bonchev–Trinajstić information content (AvgIpc) is 3.17. The molecule has 0 radical (unpaired) electrons. The van der Waals surface area contributed by atoms with E-state index in [1.807, 2.05) is 0 Å². The number of thioether (sulfide) groups is 1. The number of anilines is 1. The maximum Gasteiger partial charge on any atom is 0.433 e. The van der Waals surface area contributed by atoms with Crippen LogP contribution in [0.3, 0.4) is 0 Å². The van der Waals surface area contributed by atoms with Crippen LogP contribution >= 0.6 is 11.8 Å². The number of aryl methyl sites for hydroxylation is 1. The molecule has 0 saturated heterocycles. The van der Waals surface area contributed by atoms with Crippen LogP contribution in [0.2, 0.25) is 0 Å². The molecule has 0 aliphatic rings. The lowest BCUT2D eigenvalue weighted by Gasteiger charge is -2.10. The first-order valence-corrected chi connectivity index (χ1v) is 8.90. The summed E-state index contributed by atoms with van der Waals surface area (Å²) in [4.78, 5) is 19.5. The highest BCUT2D eigenvalue weighted by molar-refractivity contribution is 7.99. The Hall–Kier alpha value is -2.88. The van der Waals surface area contributed by atoms with E-state index in [0.717, 1.165) is 11.6 Å². The van der Waals surface area contributed by atoms with E-state index in [2.05, 4.69) is 15.3 Å².